The van der Waals surface area contributed by atoms with E-state index in [2.05, 4.69) is 10.2 Å². The lowest BCUT2D eigenvalue weighted by molar-refractivity contribution is -0.139. The molecule has 1 unspecified atom stereocenters. The van der Waals surface area contributed by atoms with Crippen molar-refractivity contribution < 1.29 is 22.7 Å². The Morgan fingerprint density at radius 1 is 1.00 bits per heavy atom. The molecule has 2 amide bonds. The number of hydrogen-bond donors (Lipinski definition) is 1. The Bertz CT molecular complexity index is 1190. The molecule has 2 aliphatic rings. The van der Waals surface area contributed by atoms with E-state index in [4.69, 9.17) is 4.74 Å². The van der Waals surface area contributed by atoms with Gasteiger partial charge < -0.3 is 10.1 Å². The van der Waals surface area contributed by atoms with Crippen LogP contribution in [0.25, 0.3) is 0 Å². The molecule has 1 saturated heterocycles. The number of esters is 1. The van der Waals surface area contributed by atoms with Crippen LogP contribution in [0.5, 0.6) is 0 Å². The predicted octanol–water partition coefficient (Wildman–Crippen LogP) is 2.21. The highest BCUT2D eigenvalue weighted by Crippen LogP contribution is 2.31. The van der Waals surface area contributed by atoms with E-state index in [0.29, 0.717) is 44.0 Å². The zero-order valence-electron chi connectivity index (χ0n) is 19.9. The number of sulfonamides is 1. The van der Waals surface area contributed by atoms with Crippen LogP contribution in [-0.2, 0) is 19.6 Å². The first kappa shape index (κ1) is 24.9. The number of carbonyl (C=O) groups excluding carboxylic acids is 2. The number of urea groups is 1. The van der Waals surface area contributed by atoms with Gasteiger partial charge >= 0.3 is 12.0 Å². The minimum Gasteiger partial charge on any atom is -0.463 e. The van der Waals surface area contributed by atoms with Crippen molar-refractivity contribution in [2.45, 2.75) is 17.9 Å². The third kappa shape index (κ3) is 5.24. The van der Waals surface area contributed by atoms with E-state index < -0.39 is 22.0 Å². The number of carbonyl (C=O) groups is 2. The van der Waals surface area contributed by atoms with Crippen molar-refractivity contribution in [2.75, 3.05) is 46.4 Å². The highest BCUT2D eigenvalue weighted by Gasteiger charge is 2.38. The van der Waals surface area contributed by atoms with Crippen LogP contribution in [0.15, 0.2) is 76.8 Å². The highest BCUT2D eigenvalue weighted by atomic mass is 32.2. The van der Waals surface area contributed by atoms with Crippen LogP contribution in [0.2, 0.25) is 0 Å². The molecule has 2 aromatic rings. The van der Waals surface area contributed by atoms with E-state index in [1.807, 2.05) is 30.3 Å². The zero-order valence-corrected chi connectivity index (χ0v) is 20.7. The standard InChI is InChI=1S/C25H30N4O5S/c1-3-34-24(30)22-21(27(2)25(31)26-23(22)19-10-6-4-7-11-19)18-28-14-16-29(17-15-28)35(32,33)20-12-8-5-9-13-20/h4-13,23H,3,14-18H2,1-2H3,(H,26,31). The summed E-state index contributed by atoms with van der Waals surface area (Å²) in [5.41, 5.74) is 1.73. The van der Waals surface area contributed by atoms with Crippen molar-refractivity contribution in [3.63, 3.8) is 0 Å². The zero-order chi connectivity index (χ0) is 25.0. The molecule has 2 heterocycles. The van der Waals surface area contributed by atoms with Crippen LogP contribution in [0.1, 0.15) is 18.5 Å². The number of ether oxygens (including phenoxy) is 1. The number of nitrogens with one attached hydrogen (secondary N) is 1. The van der Waals surface area contributed by atoms with Gasteiger partial charge in [0.1, 0.15) is 0 Å². The molecule has 0 aliphatic carbocycles. The second-order valence-corrected chi connectivity index (χ2v) is 10.4. The summed E-state index contributed by atoms with van der Waals surface area (Å²) in [6.45, 7) is 3.85. The summed E-state index contributed by atoms with van der Waals surface area (Å²) >= 11 is 0. The number of rotatable bonds is 7. The SMILES string of the molecule is CCOC(=O)C1=C(CN2CCN(S(=O)(=O)c3ccccc3)CC2)N(C)C(=O)NC1c1ccccc1. The lowest BCUT2D eigenvalue weighted by Gasteiger charge is -2.39. The molecule has 35 heavy (non-hydrogen) atoms. The van der Waals surface area contributed by atoms with Crippen LogP contribution in [0, 0.1) is 0 Å². The van der Waals surface area contributed by atoms with Crippen molar-refractivity contribution in [3.8, 4) is 0 Å². The van der Waals surface area contributed by atoms with Crippen LogP contribution >= 0.6 is 0 Å². The van der Waals surface area contributed by atoms with Crippen LogP contribution in [-0.4, -0.2) is 80.9 Å². The van der Waals surface area contributed by atoms with Crippen LogP contribution in [0.3, 0.4) is 0 Å². The number of benzene rings is 2. The van der Waals surface area contributed by atoms with Gasteiger partial charge in [-0.2, -0.15) is 4.31 Å². The maximum atomic E-state index is 13.1. The number of likely N-dealkylation sites (N-methyl/N-ethyl adjacent to an activating group) is 1. The maximum Gasteiger partial charge on any atom is 0.338 e. The topological polar surface area (TPSA) is 99.3 Å². The van der Waals surface area contributed by atoms with E-state index in [1.165, 1.54) is 9.21 Å². The average molecular weight is 499 g/mol. The third-order valence-electron chi connectivity index (χ3n) is 6.29. The van der Waals surface area contributed by atoms with Gasteiger partial charge in [-0.05, 0) is 24.6 Å². The highest BCUT2D eigenvalue weighted by molar-refractivity contribution is 7.89. The Balaban J connectivity index is 1.58. The van der Waals surface area contributed by atoms with Crippen molar-refractivity contribution in [3.05, 3.63) is 77.5 Å². The summed E-state index contributed by atoms with van der Waals surface area (Å²) in [5, 5.41) is 2.91. The molecule has 1 fully saturated rings. The van der Waals surface area contributed by atoms with Gasteiger partial charge in [-0.3, -0.25) is 9.80 Å². The fourth-order valence-electron chi connectivity index (χ4n) is 4.37. The second kappa shape index (κ2) is 10.6. The Kier molecular flexibility index (Phi) is 7.54. The molecular weight excluding hydrogens is 468 g/mol. The van der Waals surface area contributed by atoms with Gasteiger partial charge in [-0.25, -0.2) is 18.0 Å². The van der Waals surface area contributed by atoms with E-state index in [9.17, 15) is 18.0 Å². The van der Waals surface area contributed by atoms with Gasteiger partial charge in [-0.15, -0.1) is 0 Å². The maximum absolute atomic E-state index is 13.1. The Morgan fingerprint density at radius 2 is 1.60 bits per heavy atom. The predicted molar refractivity (Wildman–Crippen MR) is 131 cm³/mol. The summed E-state index contributed by atoms with van der Waals surface area (Å²) in [6.07, 6.45) is 0. The van der Waals surface area contributed by atoms with E-state index in [-0.39, 0.29) is 17.5 Å². The summed E-state index contributed by atoms with van der Waals surface area (Å²) < 4.78 is 32.8. The summed E-state index contributed by atoms with van der Waals surface area (Å²) in [6, 6.07) is 16.8. The van der Waals surface area contributed by atoms with E-state index in [1.54, 1.807) is 44.3 Å². The van der Waals surface area contributed by atoms with Crippen molar-refractivity contribution in [1.82, 2.24) is 19.4 Å². The molecule has 2 aromatic carbocycles. The average Bonchev–Trinajstić information content (AvgIpc) is 2.88. The molecule has 186 valence electrons. The molecule has 0 bridgehead atoms. The van der Waals surface area contributed by atoms with Crippen molar-refractivity contribution >= 4 is 22.0 Å². The first-order valence-corrected chi connectivity index (χ1v) is 13.0. The van der Waals surface area contributed by atoms with Gasteiger partial charge in [0.15, 0.2) is 0 Å². The molecule has 0 saturated carbocycles. The van der Waals surface area contributed by atoms with Crippen molar-refractivity contribution in [1.29, 1.82) is 0 Å². The summed E-state index contributed by atoms with van der Waals surface area (Å²) in [4.78, 5) is 29.7. The lowest BCUT2D eigenvalue weighted by Crippen LogP contribution is -2.53. The molecule has 9 nitrogen and oxygen atoms in total. The molecule has 10 heteroatoms. The Labute approximate surface area is 206 Å². The normalized spacial score (nSPS) is 20.0. The van der Waals surface area contributed by atoms with Crippen molar-refractivity contribution in [2.24, 2.45) is 0 Å². The minimum absolute atomic E-state index is 0.213. The first-order valence-electron chi connectivity index (χ1n) is 11.6. The Morgan fingerprint density at radius 3 is 2.20 bits per heavy atom. The van der Waals surface area contributed by atoms with Gasteiger partial charge in [-0.1, -0.05) is 48.5 Å². The molecule has 1 N–H and O–H groups in total. The van der Waals surface area contributed by atoms with Crippen LogP contribution in [0.4, 0.5) is 4.79 Å². The smallest absolute Gasteiger partial charge is 0.338 e. The molecule has 0 radical (unpaired) electrons. The molecule has 0 spiro atoms. The lowest BCUT2D eigenvalue weighted by atomic mass is 9.94. The quantitative estimate of drug-likeness (QED) is 0.588. The van der Waals surface area contributed by atoms with Gasteiger partial charge in [0.25, 0.3) is 0 Å². The number of amides is 2. The molecular formula is C25H30N4O5S. The van der Waals surface area contributed by atoms with Gasteiger partial charge in [0.05, 0.1) is 23.1 Å². The van der Waals surface area contributed by atoms with Crippen LogP contribution < -0.4 is 5.32 Å². The molecule has 4 rings (SSSR count). The fourth-order valence-corrected chi connectivity index (χ4v) is 5.82. The summed E-state index contributed by atoms with van der Waals surface area (Å²) in [7, 11) is -1.94. The monoisotopic (exact) mass is 498 g/mol. The second-order valence-electron chi connectivity index (χ2n) is 8.43. The molecule has 2 aliphatic heterocycles. The summed E-state index contributed by atoms with van der Waals surface area (Å²) in [5.74, 6) is -0.478. The minimum atomic E-state index is -3.57. The fraction of sp³-hybridized carbons (Fsp3) is 0.360. The van der Waals surface area contributed by atoms with E-state index >= 15 is 0 Å². The first-order chi connectivity index (χ1) is 16.8. The number of piperazine rings is 1. The molecule has 1 atom stereocenters. The van der Waals surface area contributed by atoms with Gasteiger partial charge in [0, 0.05) is 45.5 Å². The number of hydrogen-bond acceptors (Lipinski definition) is 6. The van der Waals surface area contributed by atoms with Gasteiger partial charge in [0.2, 0.25) is 10.0 Å². The number of nitrogens with zero attached hydrogens (tertiary/aromatic N) is 3. The molecule has 0 aromatic heterocycles. The largest absolute Gasteiger partial charge is 0.463 e. The van der Waals surface area contributed by atoms with E-state index in [0.717, 1.165) is 5.56 Å². The Hall–Kier alpha value is -3.21. The third-order valence-corrected chi connectivity index (χ3v) is 8.20.